The van der Waals surface area contributed by atoms with Crippen LogP contribution in [0.1, 0.15) is 23.6 Å². The van der Waals surface area contributed by atoms with Gasteiger partial charge in [-0.2, -0.15) is 0 Å². The highest BCUT2D eigenvalue weighted by molar-refractivity contribution is 5.86. The van der Waals surface area contributed by atoms with Gasteiger partial charge in [-0.15, -0.1) is 0 Å². The monoisotopic (exact) mass is 418 g/mol. The lowest BCUT2D eigenvalue weighted by Gasteiger charge is -2.29. The summed E-state index contributed by atoms with van der Waals surface area (Å²) in [5.74, 6) is 0. The van der Waals surface area contributed by atoms with Crippen LogP contribution in [0.5, 0.6) is 0 Å². The van der Waals surface area contributed by atoms with Gasteiger partial charge in [0.1, 0.15) is 6.17 Å². The van der Waals surface area contributed by atoms with Gasteiger partial charge in [0.25, 0.3) is 0 Å². The van der Waals surface area contributed by atoms with Crippen LogP contribution in [0.2, 0.25) is 0 Å². The van der Waals surface area contributed by atoms with Gasteiger partial charge in [0.05, 0.1) is 11.4 Å². The van der Waals surface area contributed by atoms with Gasteiger partial charge in [-0.05, 0) is 90.9 Å². The Morgan fingerprint density at radius 2 is 1.16 bits per heavy atom. The molecule has 5 rings (SSSR count). The van der Waals surface area contributed by atoms with Crippen LogP contribution >= 0.6 is 0 Å². The van der Waals surface area contributed by atoms with Gasteiger partial charge in [0.2, 0.25) is 0 Å². The summed E-state index contributed by atoms with van der Waals surface area (Å²) in [6.45, 7) is 8.96. The fourth-order valence-corrected chi connectivity index (χ4v) is 5.17. The first-order chi connectivity index (χ1) is 15.5. The molecule has 0 spiro atoms. The van der Waals surface area contributed by atoms with Gasteiger partial charge in [-0.1, -0.05) is 60.7 Å². The third-order valence-electron chi connectivity index (χ3n) is 6.84. The average Bonchev–Trinajstić information content (AvgIpc) is 3.04. The molecule has 1 heterocycles. The van der Waals surface area contributed by atoms with Crippen LogP contribution in [0.4, 0.5) is 17.1 Å². The molecule has 0 N–H and O–H groups in total. The summed E-state index contributed by atoms with van der Waals surface area (Å²) in [4.78, 5) is 4.80. The number of anilines is 3. The van der Waals surface area contributed by atoms with Gasteiger partial charge < -0.3 is 9.80 Å². The molecule has 4 aromatic carbocycles. The van der Waals surface area contributed by atoms with Gasteiger partial charge in [-0.3, -0.25) is 0 Å². The molecular weight excluding hydrogens is 388 g/mol. The molecule has 0 bridgehead atoms. The number of hydrogen-bond acceptors (Lipinski definition) is 2. The summed E-state index contributed by atoms with van der Waals surface area (Å²) in [5.41, 5.74) is 12.9. The van der Waals surface area contributed by atoms with Gasteiger partial charge >= 0.3 is 0 Å². The molecule has 160 valence electrons. The number of aryl methyl sites for hydroxylation is 3. The molecular formula is C30H30N2. The minimum absolute atomic E-state index is 0.283. The Kier molecular flexibility index (Phi) is 5.01. The van der Waals surface area contributed by atoms with E-state index >= 15 is 0 Å². The minimum atomic E-state index is 0.283. The second-order valence-corrected chi connectivity index (χ2v) is 8.95. The number of para-hydroxylation sites is 2. The number of nitrogens with zero attached hydrogens (tertiary/aromatic N) is 2. The summed E-state index contributed by atoms with van der Waals surface area (Å²) >= 11 is 0. The molecule has 1 aliphatic heterocycles. The highest BCUT2D eigenvalue weighted by atomic mass is 15.4. The zero-order valence-corrected chi connectivity index (χ0v) is 19.6. The summed E-state index contributed by atoms with van der Waals surface area (Å²) in [6, 6.07) is 30.9. The Hall–Kier alpha value is -3.52. The molecule has 0 aromatic heterocycles. The van der Waals surface area contributed by atoms with E-state index in [1.807, 2.05) is 0 Å². The lowest BCUT2D eigenvalue weighted by atomic mass is 9.90. The number of fused-ring (bicyclic) bond motifs is 1. The van der Waals surface area contributed by atoms with E-state index in [0.717, 1.165) is 0 Å². The minimum Gasteiger partial charge on any atom is -0.353 e. The molecule has 2 heteroatoms. The largest absolute Gasteiger partial charge is 0.353 e. The number of hydrogen-bond donors (Lipinski definition) is 0. The van der Waals surface area contributed by atoms with E-state index in [9.17, 15) is 0 Å². The smallest absolute Gasteiger partial charge is 0.103 e. The lowest BCUT2D eigenvalue weighted by Crippen LogP contribution is -2.35. The first kappa shape index (κ1) is 20.4. The van der Waals surface area contributed by atoms with E-state index in [4.69, 9.17) is 0 Å². The second kappa shape index (κ2) is 7.87. The van der Waals surface area contributed by atoms with E-state index in [0.29, 0.717) is 0 Å². The van der Waals surface area contributed by atoms with Crippen LogP contribution in [0.15, 0.2) is 84.9 Å². The van der Waals surface area contributed by atoms with Crippen LogP contribution in [-0.4, -0.2) is 13.2 Å². The Bertz CT molecular complexity index is 1270. The van der Waals surface area contributed by atoms with Crippen molar-refractivity contribution >= 4 is 17.1 Å². The fourth-order valence-electron chi connectivity index (χ4n) is 5.17. The molecule has 1 unspecified atom stereocenters. The first-order valence-electron chi connectivity index (χ1n) is 11.3. The molecule has 0 radical (unpaired) electrons. The van der Waals surface area contributed by atoms with Crippen LogP contribution < -0.4 is 9.80 Å². The van der Waals surface area contributed by atoms with Gasteiger partial charge in [-0.25, -0.2) is 0 Å². The van der Waals surface area contributed by atoms with E-state index in [1.165, 1.54) is 56.0 Å². The van der Waals surface area contributed by atoms with E-state index < -0.39 is 0 Å². The fraction of sp³-hybridized carbons (Fsp3) is 0.200. The number of benzene rings is 4. The zero-order valence-electron chi connectivity index (χ0n) is 19.6. The zero-order chi connectivity index (χ0) is 22.4. The van der Waals surface area contributed by atoms with Crippen LogP contribution in [0.3, 0.4) is 0 Å². The Morgan fingerprint density at radius 1 is 0.562 bits per heavy atom. The molecule has 32 heavy (non-hydrogen) atoms. The Morgan fingerprint density at radius 3 is 1.81 bits per heavy atom. The molecule has 0 fully saturated rings. The van der Waals surface area contributed by atoms with Crippen molar-refractivity contribution in [1.82, 2.24) is 0 Å². The van der Waals surface area contributed by atoms with Crippen molar-refractivity contribution in [2.45, 2.75) is 33.9 Å². The third kappa shape index (κ3) is 3.27. The van der Waals surface area contributed by atoms with Gasteiger partial charge in [0.15, 0.2) is 0 Å². The summed E-state index contributed by atoms with van der Waals surface area (Å²) < 4.78 is 0. The van der Waals surface area contributed by atoms with Crippen molar-refractivity contribution in [2.75, 3.05) is 16.8 Å². The topological polar surface area (TPSA) is 6.48 Å². The predicted octanol–water partition coefficient (Wildman–Crippen LogP) is 7.88. The summed E-state index contributed by atoms with van der Waals surface area (Å²) in [5, 5.41) is 0. The maximum absolute atomic E-state index is 2.45. The maximum atomic E-state index is 2.45. The maximum Gasteiger partial charge on any atom is 0.103 e. The van der Waals surface area contributed by atoms with Crippen molar-refractivity contribution < 1.29 is 0 Å². The normalized spacial score (nSPS) is 15.2. The quantitative estimate of drug-likeness (QED) is 0.334. The standard InChI is InChI=1S/C30H30N2/c1-20-17-25(30-21(2)18-26(19-22(30)3)24-11-7-6-8-12-24)15-16-27(20)32-23(4)31(5)28-13-9-10-14-29(28)32/h6-19,23H,1-5H3. The highest BCUT2D eigenvalue weighted by Gasteiger charge is 2.31. The van der Waals surface area contributed by atoms with Crippen molar-refractivity contribution in [3.8, 4) is 22.3 Å². The van der Waals surface area contributed by atoms with Crippen LogP contribution in [0.25, 0.3) is 22.3 Å². The van der Waals surface area contributed by atoms with Crippen molar-refractivity contribution in [2.24, 2.45) is 0 Å². The van der Waals surface area contributed by atoms with Crippen LogP contribution in [0, 0.1) is 20.8 Å². The average molecular weight is 419 g/mol. The van der Waals surface area contributed by atoms with Crippen molar-refractivity contribution in [3.05, 3.63) is 102 Å². The molecule has 0 saturated carbocycles. The molecule has 2 nitrogen and oxygen atoms in total. The third-order valence-corrected chi connectivity index (χ3v) is 6.84. The molecule has 4 aromatic rings. The SMILES string of the molecule is Cc1cc(-c2c(C)cc(-c3ccccc3)cc2C)ccc1N1c2ccccc2N(C)C1C. The molecule has 1 aliphatic rings. The second-order valence-electron chi connectivity index (χ2n) is 8.95. The van der Waals surface area contributed by atoms with Crippen molar-refractivity contribution in [3.63, 3.8) is 0 Å². The molecule has 1 atom stereocenters. The Labute approximate surface area is 191 Å². The van der Waals surface area contributed by atoms with E-state index in [1.54, 1.807) is 0 Å². The van der Waals surface area contributed by atoms with Gasteiger partial charge in [0, 0.05) is 12.7 Å². The Balaban J connectivity index is 1.55. The first-order valence-corrected chi connectivity index (χ1v) is 11.3. The lowest BCUT2D eigenvalue weighted by molar-refractivity contribution is 0.732. The van der Waals surface area contributed by atoms with Crippen molar-refractivity contribution in [1.29, 1.82) is 0 Å². The molecule has 0 saturated heterocycles. The molecule has 0 amide bonds. The predicted molar refractivity (Wildman–Crippen MR) is 138 cm³/mol. The summed E-state index contributed by atoms with van der Waals surface area (Å²) in [7, 11) is 2.17. The van der Waals surface area contributed by atoms with E-state index in [-0.39, 0.29) is 6.17 Å². The summed E-state index contributed by atoms with van der Waals surface area (Å²) in [6.07, 6.45) is 0.283. The number of rotatable bonds is 3. The highest BCUT2D eigenvalue weighted by Crippen LogP contribution is 2.45. The van der Waals surface area contributed by atoms with E-state index in [2.05, 4.69) is 129 Å². The van der Waals surface area contributed by atoms with Crippen LogP contribution in [-0.2, 0) is 0 Å². The molecule has 0 aliphatic carbocycles.